The molecule has 0 aliphatic heterocycles. The molecule has 2 rings (SSSR count). The number of hydrogen-bond acceptors (Lipinski definition) is 3. The highest BCUT2D eigenvalue weighted by Gasteiger charge is 2.37. The summed E-state index contributed by atoms with van der Waals surface area (Å²) in [5.41, 5.74) is 0.523. The van der Waals surface area contributed by atoms with Gasteiger partial charge in [0, 0.05) is 17.0 Å². The van der Waals surface area contributed by atoms with Crippen molar-refractivity contribution in [2.75, 3.05) is 6.61 Å². The van der Waals surface area contributed by atoms with E-state index in [0.29, 0.717) is 5.56 Å². The molecule has 0 saturated heterocycles. The standard InChI is InChI=1S/C15H17BrO3/c1-2-14(13-8-5-11(13)9-17)19-15(18)10-3-6-12(16)7-4-10/h2-4,6-7,11,13-14,17H,1,5,8-9H2/t11-,13+,14-/m0/s1. The van der Waals surface area contributed by atoms with E-state index in [4.69, 9.17) is 4.74 Å². The fraction of sp³-hybridized carbons (Fsp3) is 0.400. The van der Waals surface area contributed by atoms with Gasteiger partial charge in [0.15, 0.2) is 0 Å². The zero-order valence-corrected chi connectivity index (χ0v) is 12.2. The first kappa shape index (κ1) is 14.3. The van der Waals surface area contributed by atoms with Gasteiger partial charge < -0.3 is 9.84 Å². The third-order valence-corrected chi connectivity index (χ3v) is 4.22. The van der Waals surface area contributed by atoms with E-state index in [1.54, 1.807) is 30.3 Å². The molecule has 1 N–H and O–H groups in total. The Balaban J connectivity index is 2.00. The molecule has 1 aromatic carbocycles. The molecule has 0 heterocycles. The van der Waals surface area contributed by atoms with Crippen LogP contribution in [0.3, 0.4) is 0 Å². The van der Waals surface area contributed by atoms with Crippen molar-refractivity contribution < 1.29 is 14.6 Å². The minimum Gasteiger partial charge on any atom is -0.454 e. The molecule has 1 aliphatic rings. The van der Waals surface area contributed by atoms with Crippen LogP contribution in [0.1, 0.15) is 23.2 Å². The lowest BCUT2D eigenvalue weighted by molar-refractivity contribution is -0.0172. The molecular weight excluding hydrogens is 308 g/mol. The third kappa shape index (κ3) is 3.25. The number of carbonyl (C=O) groups is 1. The molecule has 1 fully saturated rings. The first-order chi connectivity index (χ1) is 9.15. The van der Waals surface area contributed by atoms with E-state index < -0.39 is 0 Å². The maximum atomic E-state index is 12.0. The maximum Gasteiger partial charge on any atom is 0.338 e. The van der Waals surface area contributed by atoms with Gasteiger partial charge in [0.25, 0.3) is 0 Å². The second-order valence-corrected chi connectivity index (χ2v) is 5.71. The number of ether oxygens (including phenoxy) is 1. The van der Waals surface area contributed by atoms with Crippen LogP contribution in [0, 0.1) is 11.8 Å². The van der Waals surface area contributed by atoms with Crippen molar-refractivity contribution >= 4 is 21.9 Å². The number of esters is 1. The summed E-state index contributed by atoms with van der Waals surface area (Å²) in [6, 6.07) is 7.05. The van der Waals surface area contributed by atoms with Gasteiger partial charge in [-0.25, -0.2) is 4.79 Å². The van der Waals surface area contributed by atoms with E-state index in [1.165, 1.54) is 0 Å². The summed E-state index contributed by atoms with van der Waals surface area (Å²) in [5, 5.41) is 9.20. The SMILES string of the molecule is C=C[C@H](OC(=O)c1ccc(Br)cc1)[C@@H]1CC[C@H]1CO. The molecule has 1 aromatic rings. The number of halogens is 1. The van der Waals surface area contributed by atoms with Gasteiger partial charge in [0.1, 0.15) is 6.10 Å². The van der Waals surface area contributed by atoms with E-state index in [9.17, 15) is 9.90 Å². The molecule has 0 bridgehead atoms. The van der Waals surface area contributed by atoms with Crippen LogP contribution in [-0.2, 0) is 4.74 Å². The molecule has 19 heavy (non-hydrogen) atoms. The topological polar surface area (TPSA) is 46.5 Å². The van der Waals surface area contributed by atoms with E-state index >= 15 is 0 Å². The smallest absolute Gasteiger partial charge is 0.338 e. The fourth-order valence-electron chi connectivity index (χ4n) is 2.34. The first-order valence-corrected chi connectivity index (χ1v) is 7.15. The normalized spacial score (nSPS) is 23.3. The van der Waals surface area contributed by atoms with Crippen LogP contribution in [-0.4, -0.2) is 23.8 Å². The Kier molecular flexibility index (Phi) is 4.77. The van der Waals surface area contributed by atoms with Crippen LogP contribution in [0.5, 0.6) is 0 Å². The van der Waals surface area contributed by atoms with Gasteiger partial charge >= 0.3 is 5.97 Å². The van der Waals surface area contributed by atoms with Crippen LogP contribution >= 0.6 is 15.9 Å². The molecule has 3 nitrogen and oxygen atoms in total. The second-order valence-electron chi connectivity index (χ2n) is 4.80. The monoisotopic (exact) mass is 324 g/mol. The summed E-state index contributed by atoms with van der Waals surface area (Å²) in [6.07, 6.45) is 3.29. The summed E-state index contributed by atoms with van der Waals surface area (Å²) in [6.45, 7) is 3.87. The molecule has 0 radical (unpaired) electrons. The Labute approximate surface area is 121 Å². The van der Waals surface area contributed by atoms with Gasteiger partial charge in [0.2, 0.25) is 0 Å². The van der Waals surface area contributed by atoms with E-state index in [0.717, 1.165) is 17.3 Å². The van der Waals surface area contributed by atoms with Gasteiger partial charge in [-0.3, -0.25) is 0 Å². The van der Waals surface area contributed by atoms with Gasteiger partial charge in [-0.05, 0) is 43.0 Å². The summed E-state index contributed by atoms with van der Waals surface area (Å²) < 4.78 is 6.40. The Morgan fingerprint density at radius 3 is 2.63 bits per heavy atom. The van der Waals surface area contributed by atoms with Crippen LogP contribution in [0.2, 0.25) is 0 Å². The van der Waals surface area contributed by atoms with E-state index in [-0.39, 0.29) is 30.5 Å². The Morgan fingerprint density at radius 1 is 1.47 bits per heavy atom. The summed E-state index contributed by atoms with van der Waals surface area (Å²) in [4.78, 5) is 12.0. The molecule has 3 atom stereocenters. The number of aliphatic hydroxyl groups excluding tert-OH is 1. The number of benzene rings is 1. The largest absolute Gasteiger partial charge is 0.454 e. The Bertz CT molecular complexity index is 453. The zero-order chi connectivity index (χ0) is 13.8. The van der Waals surface area contributed by atoms with E-state index in [1.807, 2.05) is 0 Å². The average molecular weight is 325 g/mol. The van der Waals surface area contributed by atoms with Crippen LogP contribution in [0.15, 0.2) is 41.4 Å². The van der Waals surface area contributed by atoms with Crippen molar-refractivity contribution in [3.63, 3.8) is 0 Å². The number of rotatable bonds is 5. The number of hydrogen-bond donors (Lipinski definition) is 1. The van der Waals surface area contributed by atoms with Gasteiger partial charge in [-0.2, -0.15) is 0 Å². The predicted octanol–water partition coefficient (Wildman–Crippen LogP) is 3.18. The molecule has 0 spiro atoms. The quantitative estimate of drug-likeness (QED) is 0.668. The molecule has 4 heteroatoms. The zero-order valence-electron chi connectivity index (χ0n) is 10.6. The minimum absolute atomic E-state index is 0.144. The average Bonchev–Trinajstić information content (AvgIpc) is 2.37. The summed E-state index contributed by atoms with van der Waals surface area (Å²) in [7, 11) is 0. The van der Waals surface area contributed by atoms with Gasteiger partial charge in [-0.15, -0.1) is 0 Å². The van der Waals surface area contributed by atoms with Crippen LogP contribution < -0.4 is 0 Å². The van der Waals surface area contributed by atoms with Crippen molar-refractivity contribution in [2.45, 2.75) is 18.9 Å². The van der Waals surface area contributed by atoms with Crippen molar-refractivity contribution in [1.29, 1.82) is 0 Å². The maximum absolute atomic E-state index is 12.0. The van der Waals surface area contributed by atoms with Crippen molar-refractivity contribution in [3.8, 4) is 0 Å². The number of aliphatic hydroxyl groups is 1. The Hall–Kier alpha value is -1.13. The lowest BCUT2D eigenvalue weighted by Gasteiger charge is -2.39. The predicted molar refractivity (Wildman–Crippen MR) is 76.8 cm³/mol. The van der Waals surface area contributed by atoms with Crippen LogP contribution in [0.4, 0.5) is 0 Å². The fourth-order valence-corrected chi connectivity index (χ4v) is 2.61. The number of carbonyl (C=O) groups excluding carboxylic acids is 1. The van der Waals surface area contributed by atoms with Crippen LogP contribution in [0.25, 0.3) is 0 Å². The van der Waals surface area contributed by atoms with Crippen molar-refractivity contribution in [2.24, 2.45) is 11.8 Å². The van der Waals surface area contributed by atoms with Gasteiger partial charge in [-0.1, -0.05) is 28.6 Å². The molecular formula is C15H17BrO3. The third-order valence-electron chi connectivity index (χ3n) is 3.69. The highest BCUT2D eigenvalue weighted by atomic mass is 79.9. The van der Waals surface area contributed by atoms with Gasteiger partial charge in [0.05, 0.1) is 5.56 Å². The Morgan fingerprint density at radius 2 is 2.16 bits per heavy atom. The lowest BCUT2D eigenvalue weighted by Crippen LogP contribution is -2.39. The molecule has 0 amide bonds. The molecule has 0 aromatic heterocycles. The van der Waals surface area contributed by atoms with Crippen molar-refractivity contribution in [1.82, 2.24) is 0 Å². The highest BCUT2D eigenvalue weighted by Crippen LogP contribution is 2.38. The molecule has 102 valence electrons. The van der Waals surface area contributed by atoms with E-state index in [2.05, 4.69) is 22.5 Å². The second kappa shape index (κ2) is 6.35. The minimum atomic E-state index is -0.346. The molecule has 0 unspecified atom stereocenters. The van der Waals surface area contributed by atoms with Crippen molar-refractivity contribution in [3.05, 3.63) is 47.0 Å². The first-order valence-electron chi connectivity index (χ1n) is 6.35. The summed E-state index contributed by atoms with van der Waals surface area (Å²) in [5.74, 6) is 0.0728. The molecule has 1 aliphatic carbocycles. The lowest BCUT2D eigenvalue weighted by atomic mass is 9.71. The highest BCUT2D eigenvalue weighted by molar-refractivity contribution is 9.10. The summed E-state index contributed by atoms with van der Waals surface area (Å²) >= 11 is 3.32. The molecule has 1 saturated carbocycles.